The summed E-state index contributed by atoms with van der Waals surface area (Å²) in [4.78, 5) is 9.77. The van der Waals surface area contributed by atoms with Crippen LogP contribution in [-0.2, 0) is 0 Å². The first-order chi connectivity index (χ1) is 9.12. The van der Waals surface area contributed by atoms with Gasteiger partial charge in [0.1, 0.15) is 29.1 Å². The number of ether oxygens (including phenoxy) is 1. The number of alkyl halides is 3. The van der Waals surface area contributed by atoms with Crippen LogP contribution in [0.25, 0.3) is 0 Å². The summed E-state index contributed by atoms with van der Waals surface area (Å²) in [6.07, 6.45) is -4.71. The van der Waals surface area contributed by atoms with Crippen LogP contribution in [0.2, 0.25) is 5.02 Å². The predicted molar refractivity (Wildman–Crippen MR) is 65.1 cm³/mol. The van der Waals surface area contributed by atoms with Gasteiger partial charge in [-0.15, -0.1) is 0 Å². The number of nitro groups is 1. The largest absolute Gasteiger partial charge is 0.492 e. The fourth-order valence-electron chi connectivity index (χ4n) is 1.27. The predicted octanol–water partition coefficient (Wildman–Crippen LogP) is 2.74. The molecule has 1 aromatic carbocycles. The minimum absolute atomic E-state index is 0.0869. The van der Waals surface area contributed by atoms with Crippen molar-refractivity contribution in [3.8, 4) is 5.75 Å². The number of hydrogen-bond acceptors (Lipinski definition) is 4. The minimum Gasteiger partial charge on any atom is -0.492 e. The Bertz CT molecular complexity index is 536. The SMILES string of the molecule is N=C(N)C(COc1ccc([N+](=O)[O-])c(Cl)c1)C(F)(F)F. The van der Waals surface area contributed by atoms with E-state index in [0.717, 1.165) is 18.2 Å². The molecule has 0 amide bonds. The average Bonchev–Trinajstić information content (AvgIpc) is 2.26. The molecule has 1 unspecified atom stereocenters. The van der Waals surface area contributed by atoms with E-state index in [1.165, 1.54) is 0 Å². The number of halogens is 4. The molecule has 0 aromatic heterocycles. The number of hydrogen-bond donors (Lipinski definition) is 2. The van der Waals surface area contributed by atoms with Gasteiger partial charge < -0.3 is 10.5 Å². The molecule has 0 spiro atoms. The van der Waals surface area contributed by atoms with Crippen LogP contribution in [0.3, 0.4) is 0 Å². The van der Waals surface area contributed by atoms with Crippen LogP contribution in [0, 0.1) is 21.4 Å². The van der Waals surface area contributed by atoms with Crippen molar-refractivity contribution in [1.29, 1.82) is 5.41 Å². The third-order valence-electron chi connectivity index (χ3n) is 2.30. The van der Waals surface area contributed by atoms with Crippen LogP contribution in [0.15, 0.2) is 18.2 Å². The lowest BCUT2D eigenvalue weighted by molar-refractivity contribution is -0.384. The van der Waals surface area contributed by atoms with Gasteiger partial charge in [0.2, 0.25) is 0 Å². The van der Waals surface area contributed by atoms with Crippen molar-refractivity contribution in [3.63, 3.8) is 0 Å². The molecule has 0 aliphatic heterocycles. The Balaban J connectivity index is 2.82. The van der Waals surface area contributed by atoms with Gasteiger partial charge in [-0.3, -0.25) is 15.5 Å². The number of amidine groups is 1. The highest BCUT2D eigenvalue weighted by Crippen LogP contribution is 2.30. The van der Waals surface area contributed by atoms with Crippen LogP contribution >= 0.6 is 11.6 Å². The normalized spacial score (nSPS) is 12.8. The van der Waals surface area contributed by atoms with Crippen molar-refractivity contribution in [1.82, 2.24) is 0 Å². The number of benzene rings is 1. The molecule has 10 heteroatoms. The summed E-state index contributed by atoms with van der Waals surface area (Å²) in [5, 5.41) is 17.1. The molecule has 1 rings (SSSR count). The van der Waals surface area contributed by atoms with E-state index < -0.39 is 35.1 Å². The monoisotopic (exact) mass is 311 g/mol. The standard InChI is InChI=1S/C10H9ClF3N3O3/c11-7-3-5(1-2-8(7)17(18)19)20-4-6(9(15)16)10(12,13)14/h1-3,6H,4H2,(H3,15,16). The molecular formula is C10H9ClF3N3O3. The van der Waals surface area contributed by atoms with Gasteiger partial charge in [-0.1, -0.05) is 11.6 Å². The molecular weight excluding hydrogens is 303 g/mol. The zero-order valence-electron chi connectivity index (χ0n) is 9.78. The van der Waals surface area contributed by atoms with E-state index in [-0.39, 0.29) is 10.8 Å². The fraction of sp³-hybridized carbons (Fsp3) is 0.300. The van der Waals surface area contributed by atoms with Crippen LogP contribution < -0.4 is 10.5 Å². The fourth-order valence-corrected chi connectivity index (χ4v) is 1.51. The molecule has 6 nitrogen and oxygen atoms in total. The molecule has 0 aliphatic rings. The second-order valence-corrected chi connectivity index (χ2v) is 4.14. The molecule has 1 aromatic rings. The average molecular weight is 312 g/mol. The first-order valence-corrected chi connectivity index (χ1v) is 5.48. The highest BCUT2D eigenvalue weighted by Gasteiger charge is 2.42. The van der Waals surface area contributed by atoms with Gasteiger partial charge in [-0.05, 0) is 6.07 Å². The van der Waals surface area contributed by atoms with Crippen LogP contribution in [0.1, 0.15) is 0 Å². The lowest BCUT2D eigenvalue weighted by Gasteiger charge is -2.19. The van der Waals surface area contributed by atoms with E-state index >= 15 is 0 Å². The first kappa shape index (κ1) is 16.0. The lowest BCUT2D eigenvalue weighted by atomic mass is 10.1. The number of nitro benzene ring substituents is 1. The van der Waals surface area contributed by atoms with Crippen molar-refractivity contribution in [3.05, 3.63) is 33.3 Å². The summed E-state index contributed by atoms with van der Waals surface area (Å²) in [6.45, 7) is -0.910. The quantitative estimate of drug-likeness (QED) is 0.378. The van der Waals surface area contributed by atoms with Crippen molar-refractivity contribution in [2.24, 2.45) is 11.7 Å². The Morgan fingerprint density at radius 3 is 2.55 bits per heavy atom. The number of nitrogens with zero attached hydrogens (tertiary/aromatic N) is 1. The van der Waals surface area contributed by atoms with Crippen molar-refractivity contribution in [2.75, 3.05) is 6.61 Å². The third kappa shape index (κ3) is 3.98. The van der Waals surface area contributed by atoms with Crippen LogP contribution in [0.5, 0.6) is 5.75 Å². The molecule has 0 heterocycles. The van der Waals surface area contributed by atoms with Gasteiger partial charge in [0.05, 0.1) is 4.92 Å². The third-order valence-corrected chi connectivity index (χ3v) is 2.61. The van der Waals surface area contributed by atoms with E-state index in [1.807, 2.05) is 0 Å². The van der Waals surface area contributed by atoms with Gasteiger partial charge in [-0.2, -0.15) is 13.2 Å². The van der Waals surface area contributed by atoms with E-state index in [4.69, 9.17) is 27.5 Å². The molecule has 110 valence electrons. The Morgan fingerprint density at radius 1 is 1.55 bits per heavy atom. The lowest BCUT2D eigenvalue weighted by Crippen LogP contribution is -2.39. The highest BCUT2D eigenvalue weighted by atomic mass is 35.5. The van der Waals surface area contributed by atoms with Crippen molar-refractivity contribution < 1.29 is 22.8 Å². The second-order valence-electron chi connectivity index (χ2n) is 3.73. The number of rotatable bonds is 5. The summed E-state index contributed by atoms with van der Waals surface area (Å²) < 4.78 is 42.3. The molecule has 0 bridgehead atoms. The van der Waals surface area contributed by atoms with E-state index in [2.05, 4.69) is 0 Å². The first-order valence-electron chi connectivity index (χ1n) is 5.10. The van der Waals surface area contributed by atoms with Gasteiger partial charge in [0, 0.05) is 12.1 Å². The smallest absolute Gasteiger partial charge is 0.401 e. The molecule has 0 fully saturated rings. The molecule has 3 N–H and O–H groups in total. The molecule has 1 atom stereocenters. The number of nitrogens with two attached hydrogens (primary N) is 1. The topological polar surface area (TPSA) is 102 Å². The highest BCUT2D eigenvalue weighted by molar-refractivity contribution is 6.32. The molecule has 0 radical (unpaired) electrons. The maximum atomic E-state index is 12.5. The van der Waals surface area contributed by atoms with E-state index in [0.29, 0.717) is 0 Å². The Labute approximate surface area is 115 Å². The maximum Gasteiger partial charge on any atom is 0.401 e. The Morgan fingerprint density at radius 2 is 2.15 bits per heavy atom. The molecule has 0 aliphatic carbocycles. The number of nitrogens with one attached hydrogen (secondary N) is 1. The summed E-state index contributed by atoms with van der Waals surface area (Å²) in [6, 6.07) is 3.14. The zero-order chi connectivity index (χ0) is 15.5. The van der Waals surface area contributed by atoms with Crippen LogP contribution in [-0.4, -0.2) is 23.5 Å². The van der Waals surface area contributed by atoms with E-state index in [1.54, 1.807) is 0 Å². The summed E-state index contributed by atoms with van der Waals surface area (Å²) in [5.41, 5.74) is 4.46. The molecule has 0 saturated heterocycles. The minimum atomic E-state index is -4.71. The Hall–Kier alpha value is -2.03. The van der Waals surface area contributed by atoms with Gasteiger partial charge in [0.25, 0.3) is 5.69 Å². The van der Waals surface area contributed by atoms with Crippen molar-refractivity contribution in [2.45, 2.75) is 6.18 Å². The van der Waals surface area contributed by atoms with Gasteiger partial charge in [-0.25, -0.2) is 0 Å². The maximum absolute atomic E-state index is 12.5. The summed E-state index contributed by atoms with van der Waals surface area (Å²) in [5.74, 6) is -3.42. The Kier molecular flexibility index (Phi) is 4.77. The van der Waals surface area contributed by atoms with Crippen molar-refractivity contribution >= 4 is 23.1 Å². The zero-order valence-corrected chi connectivity index (χ0v) is 10.5. The van der Waals surface area contributed by atoms with Gasteiger partial charge >= 0.3 is 6.18 Å². The van der Waals surface area contributed by atoms with Gasteiger partial charge in [0.15, 0.2) is 0 Å². The van der Waals surface area contributed by atoms with E-state index in [9.17, 15) is 23.3 Å². The molecule has 0 saturated carbocycles. The molecule has 20 heavy (non-hydrogen) atoms. The second kappa shape index (κ2) is 5.95. The van der Waals surface area contributed by atoms with Crippen LogP contribution in [0.4, 0.5) is 18.9 Å². The summed E-state index contributed by atoms with van der Waals surface area (Å²) >= 11 is 5.58. The summed E-state index contributed by atoms with van der Waals surface area (Å²) in [7, 11) is 0.